The predicted molar refractivity (Wildman–Crippen MR) is 77.2 cm³/mol. The first kappa shape index (κ1) is 15.0. The molecule has 100 valence electrons. The molecule has 0 aliphatic rings. The molecule has 1 unspecified atom stereocenters. The van der Waals surface area contributed by atoms with Crippen LogP contribution in [0, 0.1) is 0 Å². The van der Waals surface area contributed by atoms with E-state index in [-0.39, 0.29) is 11.9 Å². The molecule has 0 fully saturated rings. The fraction of sp³-hybridized carbons (Fsp3) is 0.500. The van der Waals surface area contributed by atoms with E-state index < -0.39 is 0 Å². The lowest BCUT2D eigenvalue weighted by molar-refractivity contribution is -0.121. The SMILES string of the molecule is COc1ccc(C(C)NC(=O)CCCCBr)cc1. The van der Waals surface area contributed by atoms with Crippen LogP contribution < -0.4 is 10.1 Å². The number of hydrogen-bond acceptors (Lipinski definition) is 2. The molecule has 4 heteroatoms. The Bertz CT molecular complexity index is 365. The fourth-order valence-electron chi connectivity index (χ4n) is 1.67. The smallest absolute Gasteiger partial charge is 0.220 e. The van der Waals surface area contributed by atoms with Gasteiger partial charge in [-0.15, -0.1) is 0 Å². The summed E-state index contributed by atoms with van der Waals surface area (Å²) in [5.74, 6) is 0.939. The molecule has 18 heavy (non-hydrogen) atoms. The normalized spacial score (nSPS) is 11.9. The summed E-state index contributed by atoms with van der Waals surface area (Å²) in [6, 6.07) is 7.79. The zero-order valence-electron chi connectivity index (χ0n) is 10.9. The van der Waals surface area contributed by atoms with Crippen LogP contribution in [-0.2, 0) is 4.79 Å². The Hall–Kier alpha value is -1.03. The van der Waals surface area contributed by atoms with Gasteiger partial charge in [0.1, 0.15) is 5.75 Å². The number of carbonyl (C=O) groups is 1. The number of alkyl halides is 1. The average Bonchev–Trinajstić information content (AvgIpc) is 2.39. The van der Waals surface area contributed by atoms with E-state index in [4.69, 9.17) is 4.74 Å². The molecule has 1 aromatic rings. The molecule has 1 rings (SSSR count). The molecule has 0 saturated carbocycles. The first-order valence-electron chi connectivity index (χ1n) is 6.16. The van der Waals surface area contributed by atoms with E-state index in [1.54, 1.807) is 7.11 Å². The molecule has 0 spiro atoms. The zero-order chi connectivity index (χ0) is 13.4. The van der Waals surface area contributed by atoms with Gasteiger partial charge in [0.25, 0.3) is 0 Å². The van der Waals surface area contributed by atoms with Crippen LogP contribution in [0.2, 0.25) is 0 Å². The van der Waals surface area contributed by atoms with Gasteiger partial charge in [-0.3, -0.25) is 4.79 Å². The second kappa shape index (κ2) is 8.14. The van der Waals surface area contributed by atoms with E-state index in [1.165, 1.54) is 0 Å². The third-order valence-electron chi connectivity index (χ3n) is 2.78. The number of methoxy groups -OCH3 is 1. The summed E-state index contributed by atoms with van der Waals surface area (Å²) in [7, 11) is 1.64. The highest BCUT2D eigenvalue weighted by Gasteiger charge is 2.09. The van der Waals surface area contributed by atoms with Gasteiger partial charge in [-0.05, 0) is 37.5 Å². The molecule has 1 N–H and O–H groups in total. The van der Waals surface area contributed by atoms with Gasteiger partial charge < -0.3 is 10.1 Å². The van der Waals surface area contributed by atoms with Gasteiger partial charge in [0, 0.05) is 11.8 Å². The van der Waals surface area contributed by atoms with Crippen LogP contribution >= 0.6 is 15.9 Å². The molecule has 3 nitrogen and oxygen atoms in total. The van der Waals surface area contributed by atoms with Crippen LogP contribution in [0.25, 0.3) is 0 Å². The van der Waals surface area contributed by atoms with Crippen molar-refractivity contribution < 1.29 is 9.53 Å². The standard InChI is InChI=1S/C14H20BrNO2/c1-11(16-14(17)5-3-4-10-15)12-6-8-13(18-2)9-7-12/h6-9,11H,3-5,10H2,1-2H3,(H,16,17). The summed E-state index contributed by atoms with van der Waals surface area (Å²) in [6.45, 7) is 1.99. The Morgan fingerprint density at radius 2 is 2.00 bits per heavy atom. The lowest BCUT2D eigenvalue weighted by Crippen LogP contribution is -2.26. The van der Waals surface area contributed by atoms with Crippen molar-refractivity contribution in [3.63, 3.8) is 0 Å². The summed E-state index contributed by atoms with van der Waals surface area (Å²) < 4.78 is 5.10. The Morgan fingerprint density at radius 3 is 2.56 bits per heavy atom. The Labute approximate surface area is 117 Å². The third-order valence-corrected chi connectivity index (χ3v) is 3.34. The number of nitrogens with one attached hydrogen (secondary N) is 1. The van der Waals surface area contributed by atoms with Gasteiger partial charge in [-0.25, -0.2) is 0 Å². The Kier molecular flexibility index (Phi) is 6.80. The van der Waals surface area contributed by atoms with Crippen molar-refractivity contribution in [3.05, 3.63) is 29.8 Å². The second-order valence-corrected chi connectivity index (χ2v) is 5.00. The van der Waals surface area contributed by atoms with Crippen molar-refractivity contribution in [1.29, 1.82) is 0 Å². The number of rotatable bonds is 7. The summed E-state index contributed by atoms with van der Waals surface area (Å²) in [5.41, 5.74) is 1.09. The van der Waals surface area contributed by atoms with Crippen molar-refractivity contribution in [2.45, 2.75) is 32.2 Å². The number of unbranched alkanes of at least 4 members (excludes halogenated alkanes) is 1. The molecule has 1 aromatic carbocycles. The summed E-state index contributed by atoms with van der Waals surface area (Å²) in [6.07, 6.45) is 2.54. The van der Waals surface area contributed by atoms with Crippen molar-refractivity contribution >= 4 is 21.8 Å². The molecule has 0 saturated heterocycles. The molecule has 0 aliphatic carbocycles. The molecule has 0 aromatic heterocycles. The van der Waals surface area contributed by atoms with Crippen LogP contribution in [0.3, 0.4) is 0 Å². The van der Waals surface area contributed by atoms with E-state index >= 15 is 0 Å². The first-order valence-corrected chi connectivity index (χ1v) is 7.28. The number of halogens is 1. The highest BCUT2D eigenvalue weighted by molar-refractivity contribution is 9.09. The van der Waals surface area contributed by atoms with E-state index in [0.29, 0.717) is 6.42 Å². The minimum atomic E-state index is 0.0346. The highest BCUT2D eigenvalue weighted by atomic mass is 79.9. The maximum Gasteiger partial charge on any atom is 0.220 e. The minimum absolute atomic E-state index is 0.0346. The largest absolute Gasteiger partial charge is 0.497 e. The van der Waals surface area contributed by atoms with Crippen molar-refractivity contribution in [2.75, 3.05) is 12.4 Å². The van der Waals surface area contributed by atoms with Gasteiger partial charge in [-0.2, -0.15) is 0 Å². The highest BCUT2D eigenvalue weighted by Crippen LogP contribution is 2.17. The van der Waals surface area contributed by atoms with Crippen molar-refractivity contribution in [3.8, 4) is 5.75 Å². The topological polar surface area (TPSA) is 38.3 Å². The lowest BCUT2D eigenvalue weighted by atomic mass is 10.1. The van der Waals surface area contributed by atoms with Crippen molar-refractivity contribution in [2.24, 2.45) is 0 Å². The van der Waals surface area contributed by atoms with Crippen LogP contribution in [0.5, 0.6) is 5.75 Å². The van der Waals surface area contributed by atoms with E-state index in [2.05, 4.69) is 21.2 Å². The maximum atomic E-state index is 11.7. The molecule has 0 radical (unpaired) electrons. The van der Waals surface area contributed by atoms with E-state index in [1.807, 2.05) is 31.2 Å². The van der Waals surface area contributed by atoms with E-state index in [9.17, 15) is 4.79 Å². The minimum Gasteiger partial charge on any atom is -0.497 e. The number of hydrogen-bond donors (Lipinski definition) is 1. The molecular formula is C14H20BrNO2. The third kappa shape index (κ3) is 5.08. The number of carbonyl (C=O) groups excluding carboxylic acids is 1. The number of ether oxygens (including phenoxy) is 1. The van der Waals surface area contributed by atoms with Crippen LogP contribution in [-0.4, -0.2) is 18.3 Å². The molecular weight excluding hydrogens is 294 g/mol. The lowest BCUT2D eigenvalue weighted by Gasteiger charge is -2.14. The maximum absolute atomic E-state index is 11.7. The van der Waals surface area contributed by atoms with Crippen LogP contribution in [0.1, 0.15) is 37.8 Å². The number of benzene rings is 1. The first-order chi connectivity index (χ1) is 8.67. The molecule has 0 aliphatic heterocycles. The van der Waals surface area contributed by atoms with Gasteiger partial charge in [0.2, 0.25) is 5.91 Å². The van der Waals surface area contributed by atoms with E-state index in [0.717, 1.165) is 29.5 Å². The average molecular weight is 314 g/mol. The van der Waals surface area contributed by atoms with Gasteiger partial charge >= 0.3 is 0 Å². The Morgan fingerprint density at radius 1 is 1.33 bits per heavy atom. The fourth-order valence-corrected chi connectivity index (χ4v) is 2.07. The second-order valence-electron chi connectivity index (χ2n) is 4.21. The van der Waals surface area contributed by atoms with Gasteiger partial charge in [0.05, 0.1) is 13.2 Å². The van der Waals surface area contributed by atoms with Gasteiger partial charge in [-0.1, -0.05) is 28.1 Å². The van der Waals surface area contributed by atoms with Crippen LogP contribution in [0.15, 0.2) is 24.3 Å². The van der Waals surface area contributed by atoms with Gasteiger partial charge in [0.15, 0.2) is 0 Å². The number of amides is 1. The quantitative estimate of drug-likeness (QED) is 0.618. The molecule has 0 heterocycles. The zero-order valence-corrected chi connectivity index (χ0v) is 12.5. The summed E-state index contributed by atoms with van der Waals surface area (Å²) >= 11 is 3.36. The monoisotopic (exact) mass is 313 g/mol. The molecule has 1 atom stereocenters. The predicted octanol–water partition coefficient (Wildman–Crippen LogP) is 3.44. The molecule has 1 amide bonds. The summed E-state index contributed by atoms with van der Waals surface area (Å²) in [4.78, 5) is 11.7. The van der Waals surface area contributed by atoms with Crippen LogP contribution in [0.4, 0.5) is 0 Å². The van der Waals surface area contributed by atoms with Crippen molar-refractivity contribution in [1.82, 2.24) is 5.32 Å². The summed E-state index contributed by atoms with van der Waals surface area (Å²) in [5, 5.41) is 3.95. The Balaban J connectivity index is 2.43. The molecule has 0 bridgehead atoms.